The molecule has 3 rings (SSSR count). The smallest absolute Gasteiger partial charge is 0.387 e. The Kier molecular flexibility index (Phi) is 6.22. The number of hydrogen-bond donors (Lipinski definition) is 1. The first-order valence-electron chi connectivity index (χ1n) is 8.40. The Labute approximate surface area is 160 Å². The number of sulfonamides is 1. The summed E-state index contributed by atoms with van der Waals surface area (Å²) in [5.74, 6) is -0.483. The average molecular weight is 412 g/mol. The summed E-state index contributed by atoms with van der Waals surface area (Å²) in [5.41, 5.74) is 0.644. The standard InChI is InChI=1S/C18H18F2N2O5S/c19-18(20)27-15-5-3-14(4-6-15)21-17(23)13-1-7-16(8-2-13)28(24,25)22-9-11-26-12-10-22/h1-8,18H,9-12H2,(H,21,23). The van der Waals surface area contributed by atoms with Crippen molar-refractivity contribution in [2.24, 2.45) is 0 Å². The molecular formula is C18H18F2N2O5S. The molecule has 0 spiro atoms. The van der Waals surface area contributed by atoms with Gasteiger partial charge in [0.25, 0.3) is 5.91 Å². The number of benzene rings is 2. The van der Waals surface area contributed by atoms with E-state index in [9.17, 15) is 22.0 Å². The Morgan fingerprint density at radius 1 is 1.04 bits per heavy atom. The number of amides is 1. The van der Waals surface area contributed by atoms with E-state index in [-0.39, 0.29) is 29.3 Å². The van der Waals surface area contributed by atoms with E-state index >= 15 is 0 Å². The van der Waals surface area contributed by atoms with E-state index in [4.69, 9.17) is 4.74 Å². The normalized spacial score (nSPS) is 15.4. The molecule has 2 aromatic carbocycles. The second kappa shape index (κ2) is 8.63. The van der Waals surface area contributed by atoms with Crippen LogP contribution in [0.2, 0.25) is 0 Å². The van der Waals surface area contributed by atoms with Gasteiger partial charge in [0.15, 0.2) is 0 Å². The van der Waals surface area contributed by atoms with Crippen molar-refractivity contribution in [3.05, 3.63) is 54.1 Å². The van der Waals surface area contributed by atoms with Crippen LogP contribution in [-0.2, 0) is 14.8 Å². The van der Waals surface area contributed by atoms with Gasteiger partial charge in [0, 0.05) is 24.3 Å². The Morgan fingerprint density at radius 3 is 2.21 bits per heavy atom. The first-order chi connectivity index (χ1) is 13.4. The molecule has 7 nitrogen and oxygen atoms in total. The molecular weight excluding hydrogens is 394 g/mol. The maximum absolute atomic E-state index is 12.6. The van der Waals surface area contributed by atoms with Crippen molar-refractivity contribution in [1.82, 2.24) is 4.31 Å². The molecule has 0 radical (unpaired) electrons. The second-order valence-electron chi connectivity index (χ2n) is 5.90. The summed E-state index contributed by atoms with van der Waals surface area (Å²) in [6, 6.07) is 11.0. The molecule has 150 valence electrons. The number of nitrogens with one attached hydrogen (secondary N) is 1. The van der Waals surface area contributed by atoms with E-state index in [1.165, 1.54) is 52.8 Å². The molecule has 1 aliphatic heterocycles. The second-order valence-corrected chi connectivity index (χ2v) is 7.84. The lowest BCUT2D eigenvalue weighted by Crippen LogP contribution is -2.40. The van der Waals surface area contributed by atoms with Crippen molar-refractivity contribution in [1.29, 1.82) is 0 Å². The highest BCUT2D eigenvalue weighted by molar-refractivity contribution is 7.89. The van der Waals surface area contributed by atoms with Gasteiger partial charge in [-0.05, 0) is 48.5 Å². The van der Waals surface area contributed by atoms with Crippen molar-refractivity contribution in [3.63, 3.8) is 0 Å². The highest BCUT2D eigenvalue weighted by atomic mass is 32.2. The molecule has 0 atom stereocenters. The van der Waals surface area contributed by atoms with Gasteiger partial charge < -0.3 is 14.8 Å². The highest BCUT2D eigenvalue weighted by Crippen LogP contribution is 2.20. The monoisotopic (exact) mass is 412 g/mol. The molecule has 1 N–H and O–H groups in total. The van der Waals surface area contributed by atoms with E-state index in [0.29, 0.717) is 18.9 Å². The molecule has 0 bridgehead atoms. The molecule has 2 aromatic rings. The third-order valence-electron chi connectivity index (χ3n) is 4.06. The molecule has 28 heavy (non-hydrogen) atoms. The fraction of sp³-hybridized carbons (Fsp3) is 0.278. The predicted octanol–water partition coefficient (Wildman–Crippen LogP) is 2.56. The van der Waals surface area contributed by atoms with Gasteiger partial charge >= 0.3 is 6.61 Å². The van der Waals surface area contributed by atoms with Crippen LogP contribution in [0.4, 0.5) is 14.5 Å². The highest BCUT2D eigenvalue weighted by Gasteiger charge is 2.26. The summed E-state index contributed by atoms with van der Waals surface area (Å²) in [6.45, 7) is -1.65. The van der Waals surface area contributed by atoms with Gasteiger partial charge in [-0.3, -0.25) is 4.79 Å². The van der Waals surface area contributed by atoms with E-state index in [1.54, 1.807) is 0 Å². The van der Waals surface area contributed by atoms with Gasteiger partial charge in [-0.2, -0.15) is 13.1 Å². The minimum Gasteiger partial charge on any atom is -0.435 e. The minimum absolute atomic E-state index is 0.0225. The van der Waals surface area contributed by atoms with Crippen LogP contribution in [-0.4, -0.2) is 51.5 Å². The molecule has 0 saturated carbocycles. The lowest BCUT2D eigenvalue weighted by Gasteiger charge is -2.26. The van der Waals surface area contributed by atoms with Crippen LogP contribution in [0.15, 0.2) is 53.4 Å². The van der Waals surface area contributed by atoms with Crippen molar-refractivity contribution in [2.45, 2.75) is 11.5 Å². The summed E-state index contributed by atoms with van der Waals surface area (Å²) in [6.07, 6.45) is 0. The molecule has 1 heterocycles. The van der Waals surface area contributed by atoms with Crippen molar-refractivity contribution < 1.29 is 31.5 Å². The fourth-order valence-electron chi connectivity index (χ4n) is 2.64. The SMILES string of the molecule is O=C(Nc1ccc(OC(F)F)cc1)c1ccc(S(=O)(=O)N2CCOCC2)cc1. The minimum atomic E-state index is -3.63. The maximum Gasteiger partial charge on any atom is 0.387 e. The summed E-state index contributed by atoms with van der Waals surface area (Å²) >= 11 is 0. The molecule has 1 amide bonds. The number of carbonyl (C=O) groups excluding carboxylic acids is 1. The molecule has 1 aliphatic rings. The average Bonchev–Trinajstić information content (AvgIpc) is 2.70. The summed E-state index contributed by atoms with van der Waals surface area (Å²) in [5, 5.41) is 2.60. The van der Waals surface area contributed by atoms with Crippen LogP contribution in [0.3, 0.4) is 0 Å². The lowest BCUT2D eigenvalue weighted by atomic mass is 10.2. The summed E-state index contributed by atoms with van der Waals surface area (Å²) in [7, 11) is -3.63. The summed E-state index contributed by atoms with van der Waals surface area (Å²) < 4.78 is 60.2. The number of morpholine rings is 1. The first-order valence-corrected chi connectivity index (χ1v) is 9.84. The number of anilines is 1. The van der Waals surface area contributed by atoms with Gasteiger partial charge in [0.05, 0.1) is 18.1 Å². The van der Waals surface area contributed by atoms with E-state index < -0.39 is 22.5 Å². The van der Waals surface area contributed by atoms with E-state index in [2.05, 4.69) is 10.1 Å². The van der Waals surface area contributed by atoms with Crippen molar-refractivity contribution >= 4 is 21.6 Å². The zero-order valence-electron chi connectivity index (χ0n) is 14.7. The van der Waals surface area contributed by atoms with Crippen molar-refractivity contribution in [3.8, 4) is 5.75 Å². The van der Waals surface area contributed by atoms with Crippen LogP contribution >= 0.6 is 0 Å². The largest absolute Gasteiger partial charge is 0.435 e. The number of alkyl halides is 2. The van der Waals surface area contributed by atoms with Gasteiger partial charge in [-0.1, -0.05) is 0 Å². The molecule has 1 saturated heterocycles. The molecule has 0 unspecified atom stereocenters. The third-order valence-corrected chi connectivity index (χ3v) is 5.97. The predicted molar refractivity (Wildman–Crippen MR) is 97.0 cm³/mol. The van der Waals surface area contributed by atoms with Crippen LogP contribution in [0.5, 0.6) is 5.75 Å². The van der Waals surface area contributed by atoms with Gasteiger partial charge in [0.2, 0.25) is 10.0 Å². The van der Waals surface area contributed by atoms with Crippen LogP contribution in [0, 0.1) is 0 Å². The van der Waals surface area contributed by atoms with E-state index in [0.717, 1.165) is 0 Å². The number of hydrogen-bond acceptors (Lipinski definition) is 5. The van der Waals surface area contributed by atoms with Crippen LogP contribution in [0.25, 0.3) is 0 Å². The van der Waals surface area contributed by atoms with E-state index in [1.807, 2.05) is 0 Å². The number of halogens is 2. The summed E-state index contributed by atoms with van der Waals surface area (Å²) in [4.78, 5) is 12.4. The fourth-order valence-corrected chi connectivity index (χ4v) is 4.05. The Hall–Kier alpha value is -2.56. The topological polar surface area (TPSA) is 84.9 Å². The molecule has 1 fully saturated rings. The van der Waals surface area contributed by atoms with Crippen LogP contribution < -0.4 is 10.1 Å². The molecule has 0 aromatic heterocycles. The number of rotatable bonds is 6. The number of ether oxygens (including phenoxy) is 2. The van der Waals surface area contributed by atoms with Gasteiger partial charge in [-0.15, -0.1) is 0 Å². The molecule has 0 aliphatic carbocycles. The third kappa shape index (κ3) is 4.83. The zero-order valence-corrected chi connectivity index (χ0v) is 15.5. The lowest BCUT2D eigenvalue weighted by molar-refractivity contribution is -0.0498. The van der Waals surface area contributed by atoms with Crippen LogP contribution in [0.1, 0.15) is 10.4 Å². The Morgan fingerprint density at radius 2 is 1.64 bits per heavy atom. The first kappa shape index (κ1) is 20.2. The zero-order chi connectivity index (χ0) is 20.1. The quantitative estimate of drug-likeness (QED) is 0.788. The maximum atomic E-state index is 12.6. The number of nitrogens with zero attached hydrogens (tertiary/aromatic N) is 1. The Balaban J connectivity index is 1.66. The van der Waals surface area contributed by atoms with Gasteiger partial charge in [-0.25, -0.2) is 8.42 Å². The van der Waals surface area contributed by atoms with Gasteiger partial charge in [0.1, 0.15) is 5.75 Å². The Bertz CT molecular complexity index is 912. The van der Waals surface area contributed by atoms with Crippen molar-refractivity contribution in [2.75, 3.05) is 31.6 Å². The molecule has 10 heteroatoms. The number of carbonyl (C=O) groups is 1.